The van der Waals surface area contributed by atoms with Crippen LogP contribution in [-0.4, -0.2) is 68.5 Å². The second-order valence-electron chi connectivity index (χ2n) is 12.5. The Bertz CT molecular complexity index is 1740. The van der Waals surface area contributed by atoms with Crippen molar-refractivity contribution in [3.05, 3.63) is 98.6 Å². The smallest absolute Gasteiger partial charge is 0.410 e. The molecule has 49 heavy (non-hydrogen) atoms. The SMILES string of the molecule is CCOC(=O)c1cc(S(=O)(=O)c2ccc(CCN(C[C@H](OC3CCCCO3)c3cccc(Cl)c3)C(=O)OC(C)(C)C)cc2)ccc1[N+](=O)[O-]. The normalized spacial score (nSPS) is 15.7. The summed E-state index contributed by atoms with van der Waals surface area (Å²) in [5, 5.41) is 12.0. The molecule has 1 amide bonds. The number of nitro groups is 1. The number of sulfone groups is 1. The largest absolute Gasteiger partial charge is 0.462 e. The first-order valence-corrected chi connectivity index (χ1v) is 17.8. The fourth-order valence-corrected chi connectivity index (χ4v) is 6.65. The predicted molar refractivity (Wildman–Crippen MR) is 181 cm³/mol. The second-order valence-corrected chi connectivity index (χ2v) is 14.8. The maximum atomic E-state index is 13.5. The zero-order chi connectivity index (χ0) is 35.8. The van der Waals surface area contributed by atoms with Crippen molar-refractivity contribution in [3.63, 3.8) is 0 Å². The maximum absolute atomic E-state index is 13.5. The Hall–Kier alpha value is -4.04. The van der Waals surface area contributed by atoms with Gasteiger partial charge in [0.25, 0.3) is 5.69 Å². The highest BCUT2D eigenvalue weighted by atomic mass is 35.5. The van der Waals surface area contributed by atoms with Gasteiger partial charge in [0, 0.05) is 24.2 Å². The lowest BCUT2D eigenvalue weighted by Gasteiger charge is -2.33. The highest BCUT2D eigenvalue weighted by Gasteiger charge is 2.30. The number of carbonyl (C=O) groups excluding carboxylic acids is 2. The molecule has 0 radical (unpaired) electrons. The van der Waals surface area contributed by atoms with E-state index >= 15 is 0 Å². The van der Waals surface area contributed by atoms with Crippen LogP contribution in [-0.2, 0) is 35.2 Å². The third-order valence-corrected chi connectivity index (χ3v) is 9.59. The van der Waals surface area contributed by atoms with E-state index in [9.17, 15) is 28.1 Å². The number of ether oxygens (including phenoxy) is 4. The molecular formula is C35H41ClN2O10S. The third kappa shape index (κ3) is 10.5. The lowest BCUT2D eigenvalue weighted by Crippen LogP contribution is -2.41. The molecule has 1 unspecified atom stereocenters. The molecule has 4 rings (SSSR count). The van der Waals surface area contributed by atoms with Gasteiger partial charge in [0.2, 0.25) is 9.84 Å². The minimum Gasteiger partial charge on any atom is -0.462 e. The van der Waals surface area contributed by atoms with Gasteiger partial charge < -0.3 is 23.8 Å². The molecule has 0 aromatic heterocycles. The van der Waals surface area contributed by atoms with Crippen molar-refractivity contribution in [2.45, 2.75) is 81.2 Å². The number of halogens is 1. The van der Waals surface area contributed by atoms with Crippen molar-refractivity contribution < 1.29 is 41.9 Å². The first-order valence-electron chi connectivity index (χ1n) is 16.0. The molecule has 0 bridgehead atoms. The van der Waals surface area contributed by atoms with Crippen molar-refractivity contribution in [1.82, 2.24) is 4.90 Å². The quantitative estimate of drug-likeness (QED) is 0.0999. The second kappa shape index (κ2) is 16.6. The molecule has 1 saturated heterocycles. The fourth-order valence-electron chi connectivity index (χ4n) is 5.17. The summed E-state index contributed by atoms with van der Waals surface area (Å²) in [5.74, 6) is -0.995. The minimum absolute atomic E-state index is 0.0387. The maximum Gasteiger partial charge on any atom is 0.410 e. The van der Waals surface area contributed by atoms with Gasteiger partial charge in [-0.05, 0) is 101 Å². The van der Waals surface area contributed by atoms with Crippen LogP contribution in [0.25, 0.3) is 0 Å². The van der Waals surface area contributed by atoms with E-state index in [4.69, 9.17) is 30.5 Å². The summed E-state index contributed by atoms with van der Waals surface area (Å²) in [6.07, 6.45) is 1.46. The van der Waals surface area contributed by atoms with Crippen molar-refractivity contribution in [1.29, 1.82) is 0 Å². The molecule has 1 fully saturated rings. The van der Waals surface area contributed by atoms with Crippen LogP contribution < -0.4 is 0 Å². The number of benzene rings is 3. The van der Waals surface area contributed by atoms with Crippen LogP contribution in [0.4, 0.5) is 10.5 Å². The molecule has 0 N–H and O–H groups in total. The van der Waals surface area contributed by atoms with E-state index < -0.39 is 56.1 Å². The monoisotopic (exact) mass is 716 g/mol. The van der Waals surface area contributed by atoms with Gasteiger partial charge in [-0.2, -0.15) is 0 Å². The Morgan fingerprint density at radius 2 is 1.78 bits per heavy atom. The predicted octanol–water partition coefficient (Wildman–Crippen LogP) is 7.32. The number of hydrogen-bond donors (Lipinski definition) is 0. The van der Waals surface area contributed by atoms with Crippen LogP contribution in [0.5, 0.6) is 0 Å². The van der Waals surface area contributed by atoms with Crippen LogP contribution in [0.2, 0.25) is 5.02 Å². The Balaban J connectivity index is 1.56. The van der Waals surface area contributed by atoms with Gasteiger partial charge in [-0.15, -0.1) is 0 Å². The molecule has 2 atom stereocenters. The fraction of sp³-hybridized carbons (Fsp3) is 0.429. The molecule has 264 valence electrons. The number of esters is 1. The van der Waals surface area contributed by atoms with Crippen LogP contribution in [0.15, 0.2) is 76.5 Å². The average Bonchev–Trinajstić information content (AvgIpc) is 3.05. The molecule has 0 saturated carbocycles. The van der Waals surface area contributed by atoms with Gasteiger partial charge in [0.05, 0.1) is 27.9 Å². The molecule has 14 heteroatoms. The highest BCUT2D eigenvalue weighted by Crippen LogP contribution is 2.30. The van der Waals surface area contributed by atoms with Gasteiger partial charge in [-0.3, -0.25) is 10.1 Å². The molecule has 1 heterocycles. The number of hydrogen-bond acceptors (Lipinski definition) is 10. The Labute approximate surface area is 291 Å². The molecule has 1 aliphatic rings. The van der Waals surface area contributed by atoms with E-state index in [0.29, 0.717) is 18.1 Å². The number of rotatable bonds is 13. The van der Waals surface area contributed by atoms with Crippen LogP contribution in [0.1, 0.15) is 74.5 Å². The molecule has 0 spiro atoms. The van der Waals surface area contributed by atoms with E-state index in [1.807, 2.05) is 12.1 Å². The number of nitrogens with zero attached hydrogens (tertiary/aromatic N) is 2. The number of carbonyl (C=O) groups is 2. The lowest BCUT2D eigenvalue weighted by molar-refractivity contribution is -0.385. The molecule has 12 nitrogen and oxygen atoms in total. The van der Waals surface area contributed by atoms with Crippen LogP contribution >= 0.6 is 11.6 Å². The Morgan fingerprint density at radius 3 is 2.39 bits per heavy atom. The summed E-state index contributed by atoms with van der Waals surface area (Å²) in [5.41, 5.74) is -0.255. The first kappa shape index (κ1) is 37.8. The van der Waals surface area contributed by atoms with Gasteiger partial charge >= 0.3 is 12.1 Å². The summed E-state index contributed by atoms with van der Waals surface area (Å²) in [6.45, 7) is 7.80. The van der Waals surface area contributed by atoms with Crippen LogP contribution in [0.3, 0.4) is 0 Å². The van der Waals surface area contributed by atoms with Crippen LogP contribution in [0, 0.1) is 10.1 Å². The Morgan fingerprint density at radius 1 is 1.06 bits per heavy atom. The molecule has 3 aromatic carbocycles. The van der Waals surface area contributed by atoms with Gasteiger partial charge in [-0.25, -0.2) is 18.0 Å². The van der Waals surface area contributed by atoms with E-state index in [-0.39, 0.29) is 29.5 Å². The standard InChI is InChI=1S/C35H41ClN2O10S/c1-5-45-33(39)29-22-28(16-17-30(29)38(41)42)49(43,44)27-14-12-24(13-15-27)18-19-37(34(40)48-35(2,3)4)23-31(25-9-8-10-26(36)21-25)47-32-11-6-7-20-46-32/h8-10,12-17,21-22,31-32H,5-7,11,18-20,23H2,1-4H3/t31-,32?/m0/s1. The van der Waals surface area contributed by atoms with Crippen molar-refractivity contribution in [3.8, 4) is 0 Å². The van der Waals surface area contributed by atoms with Crippen molar-refractivity contribution in [2.75, 3.05) is 26.3 Å². The summed E-state index contributed by atoms with van der Waals surface area (Å²) in [4.78, 5) is 37.7. The third-order valence-electron chi connectivity index (χ3n) is 7.59. The van der Waals surface area contributed by atoms with Crippen molar-refractivity contribution in [2.24, 2.45) is 0 Å². The van der Waals surface area contributed by atoms with Gasteiger partial charge in [0.1, 0.15) is 17.3 Å². The lowest BCUT2D eigenvalue weighted by atomic mass is 10.1. The van der Waals surface area contributed by atoms with E-state index in [0.717, 1.165) is 48.6 Å². The van der Waals surface area contributed by atoms with Crippen molar-refractivity contribution >= 4 is 39.2 Å². The average molecular weight is 717 g/mol. The van der Waals surface area contributed by atoms with E-state index in [2.05, 4.69) is 0 Å². The molecule has 3 aromatic rings. The molecule has 0 aliphatic carbocycles. The molecular weight excluding hydrogens is 676 g/mol. The zero-order valence-electron chi connectivity index (χ0n) is 27.9. The van der Waals surface area contributed by atoms with E-state index in [1.165, 1.54) is 19.1 Å². The Kier molecular flexibility index (Phi) is 12.8. The summed E-state index contributed by atoms with van der Waals surface area (Å²) in [7, 11) is -4.15. The highest BCUT2D eigenvalue weighted by molar-refractivity contribution is 7.91. The topological polar surface area (TPSA) is 152 Å². The van der Waals surface area contributed by atoms with Gasteiger partial charge in [-0.1, -0.05) is 35.9 Å². The first-order chi connectivity index (χ1) is 23.2. The summed E-state index contributed by atoms with van der Waals surface area (Å²) >= 11 is 6.31. The minimum atomic E-state index is -4.15. The van der Waals surface area contributed by atoms with Gasteiger partial charge in [0.15, 0.2) is 6.29 Å². The zero-order valence-corrected chi connectivity index (χ0v) is 29.5. The number of amides is 1. The van der Waals surface area contributed by atoms with E-state index in [1.54, 1.807) is 49.9 Å². The molecule has 1 aliphatic heterocycles. The number of nitro benzene ring substituents is 1. The summed E-state index contributed by atoms with van der Waals surface area (Å²) < 4.78 is 49.8. The summed E-state index contributed by atoms with van der Waals surface area (Å²) in [6, 6.07) is 16.3.